The van der Waals surface area contributed by atoms with Crippen LogP contribution in [0.3, 0.4) is 0 Å². The molecule has 0 fully saturated rings. The van der Waals surface area contributed by atoms with Gasteiger partial charge < -0.3 is 4.74 Å². The van der Waals surface area contributed by atoms with Gasteiger partial charge in [0.1, 0.15) is 6.29 Å². The number of carbonyl (C=O) groups is 1. The van der Waals surface area contributed by atoms with Gasteiger partial charge in [0.05, 0.1) is 5.60 Å². The van der Waals surface area contributed by atoms with Crippen molar-refractivity contribution in [3.8, 4) is 0 Å². The van der Waals surface area contributed by atoms with Gasteiger partial charge in [0.15, 0.2) is 0 Å². The van der Waals surface area contributed by atoms with E-state index in [4.69, 9.17) is 4.74 Å². The molecule has 0 saturated carbocycles. The summed E-state index contributed by atoms with van der Waals surface area (Å²) in [6.07, 6.45) is 3.61. The van der Waals surface area contributed by atoms with Crippen molar-refractivity contribution in [1.29, 1.82) is 0 Å². The molecule has 0 spiro atoms. The first-order valence-electron chi connectivity index (χ1n) is 6.51. The zero-order valence-electron chi connectivity index (χ0n) is 12.0. The van der Waals surface area contributed by atoms with Crippen LogP contribution in [0.1, 0.15) is 31.4 Å². The van der Waals surface area contributed by atoms with Crippen molar-refractivity contribution < 1.29 is 9.53 Å². The first kappa shape index (κ1) is 13.8. The predicted molar refractivity (Wildman–Crippen MR) is 78.0 cm³/mol. The predicted octanol–water partition coefficient (Wildman–Crippen LogP) is 3.70. The molecule has 1 aliphatic rings. The van der Waals surface area contributed by atoms with E-state index in [1.807, 2.05) is 13.0 Å². The highest BCUT2D eigenvalue weighted by molar-refractivity contribution is 5.90. The molecule has 2 nitrogen and oxygen atoms in total. The summed E-state index contributed by atoms with van der Waals surface area (Å²) in [6, 6.07) is 8.37. The van der Waals surface area contributed by atoms with Crippen LogP contribution in [-0.2, 0) is 9.53 Å². The van der Waals surface area contributed by atoms with E-state index in [0.717, 1.165) is 35.0 Å². The smallest absolute Gasteiger partial charge is 0.150 e. The van der Waals surface area contributed by atoms with Crippen LogP contribution in [0.2, 0.25) is 0 Å². The van der Waals surface area contributed by atoms with Crippen LogP contribution in [0.4, 0.5) is 0 Å². The van der Waals surface area contributed by atoms with E-state index in [-0.39, 0.29) is 5.60 Å². The number of allylic oxidation sites excluding steroid dienone is 2. The Balaban J connectivity index is 2.61. The molecular weight excluding hydrogens is 236 g/mol. The third-order valence-electron chi connectivity index (χ3n) is 3.97. The van der Waals surface area contributed by atoms with Crippen molar-refractivity contribution in [3.05, 3.63) is 52.6 Å². The lowest BCUT2D eigenvalue weighted by Gasteiger charge is -2.35. The van der Waals surface area contributed by atoms with E-state index < -0.39 is 0 Å². The van der Waals surface area contributed by atoms with E-state index in [0.29, 0.717) is 0 Å². The van der Waals surface area contributed by atoms with E-state index in [2.05, 4.69) is 38.1 Å². The van der Waals surface area contributed by atoms with Crippen LogP contribution in [0.5, 0.6) is 0 Å². The van der Waals surface area contributed by atoms with Crippen molar-refractivity contribution in [3.63, 3.8) is 0 Å². The van der Waals surface area contributed by atoms with Gasteiger partial charge in [0.2, 0.25) is 0 Å². The quantitative estimate of drug-likeness (QED) is 0.771. The maximum absolute atomic E-state index is 11.2. The second-order valence-electron chi connectivity index (χ2n) is 5.28. The lowest BCUT2D eigenvalue weighted by molar-refractivity contribution is -0.104. The molecule has 0 N–H and O–H groups in total. The van der Waals surface area contributed by atoms with Gasteiger partial charge in [0.25, 0.3) is 0 Å². The molecular formula is C17H20O2. The second-order valence-corrected chi connectivity index (χ2v) is 5.28. The molecule has 100 valence electrons. The molecule has 0 amide bonds. The monoisotopic (exact) mass is 256 g/mol. The van der Waals surface area contributed by atoms with Crippen LogP contribution >= 0.6 is 0 Å². The number of rotatable bonds is 3. The summed E-state index contributed by atoms with van der Waals surface area (Å²) in [5, 5.41) is 0. The molecule has 1 unspecified atom stereocenters. The van der Waals surface area contributed by atoms with Crippen molar-refractivity contribution in [2.75, 3.05) is 7.11 Å². The number of ether oxygens (including phenoxy) is 1. The Morgan fingerprint density at radius 1 is 1.21 bits per heavy atom. The topological polar surface area (TPSA) is 26.3 Å². The number of methoxy groups -OCH3 is 1. The first-order chi connectivity index (χ1) is 9.01. The maximum Gasteiger partial charge on any atom is 0.150 e. The Kier molecular flexibility index (Phi) is 3.72. The maximum atomic E-state index is 11.2. The number of hydrogen-bond acceptors (Lipinski definition) is 2. The summed E-state index contributed by atoms with van der Waals surface area (Å²) < 4.78 is 5.72. The number of carbonyl (C=O) groups excluding carboxylic acids is 1. The van der Waals surface area contributed by atoms with Crippen molar-refractivity contribution >= 4 is 11.9 Å². The summed E-state index contributed by atoms with van der Waals surface area (Å²) >= 11 is 0. The molecule has 1 atom stereocenters. The fraction of sp³-hybridized carbons (Fsp3) is 0.353. The average molecular weight is 256 g/mol. The lowest BCUT2D eigenvalue weighted by atomic mass is 9.77. The SMILES string of the molecule is COC1(C)CC=C(C=O)C(C)=C1c1ccc(C)cc1. The minimum Gasteiger partial charge on any atom is -0.373 e. The largest absolute Gasteiger partial charge is 0.373 e. The normalized spacial score (nSPS) is 23.3. The number of aldehydes is 1. The van der Waals surface area contributed by atoms with Crippen LogP contribution in [0.15, 0.2) is 41.5 Å². The molecule has 0 saturated heterocycles. The van der Waals surface area contributed by atoms with E-state index in [1.54, 1.807) is 7.11 Å². The molecule has 0 aromatic heterocycles. The minimum atomic E-state index is -0.369. The third-order valence-corrected chi connectivity index (χ3v) is 3.97. The second kappa shape index (κ2) is 5.14. The van der Waals surface area contributed by atoms with Gasteiger partial charge >= 0.3 is 0 Å². The number of hydrogen-bond donors (Lipinski definition) is 0. The van der Waals surface area contributed by atoms with E-state index in [9.17, 15) is 4.79 Å². The Hall–Kier alpha value is -1.67. The summed E-state index contributed by atoms with van der Waals surface area (Å²) in [7, 11) is 1.72. The molecule has 0 radical (unpaired) electrons. The van der Waals surface area contributed by atoms with Crippen LogP contribution < -0.4 is 0 Å². The zero-order chi connectivity index (χ0) is 14.0. The highest BCUT2D eigenvalue weighted by Gasteiger charge is 2.34. The highest BCUT2D eigenvalue weighted by atomic mass is 16.5. The van der Waals surface area contributed by atoms with Crippen LogP contribution in [0.25, 0.3) is 5.57 Å². The molecule has 1 aliphatic carbocycles. The van der Waals surface area contributed by atoms with Crippen molar-refractivity contribution in [2.24, 2.45) is 0 Å². The number of aryl methyl sites for hydroxylation is 1. The Labute approximate surface area is 114 Å². The molecule has 19 heavy (non-hydrogen) atoms. The van der Waals surface area contributed by atoms with Crippen molar-refractivity contribution in [1.82, 2.24) is 0 Å². The molecule has 1 aromatic carbocycles. The van der Waals surface area contributed by atoms with E-state index in [1.165, 1.54) is 5.56 Å². The minimum absolute atomic E-state index is 0.369. The lowest BCUT2D eigenvalue weighted by Crippen LogP contribution is -2.32. The summed E-state index contributed by atoms with van der Waals surface area (Å²) in [6.45, 7) is 6.13. The molecule has 2 heteroatoms. The van der Waals surface area contributed by atoms with E-state index >= 15 is 0 Å². The molecule has 0 aliphatic heterocycles. The highest BCUT2D eigenvalue weighted by Crippen LogP contribution is 2.41. The van der Waals surface area contributed by atoms with Gasteiger partial charge in [-0.1, -0.05) is 35.9 Å². The molecule has 0 bridgehead atoms. The Morgan fingerprint density at radius 2 is 1.84 bits per heavy atom. The molecule has 2 rings (SSSR count). The molecule has 1 aromatic rings. The summed E-state index contributed by atoms with van der Waals surface area (Å²) in [5.74, 6) is 0. The van der Waals surface area contributed by atoms with Gasteiger partial charge in [-0.05, 0) is 43.9 Å². The average Bonchev–Trinajstić information content (AvgIpc) is 2.41. The van der Waals surface area contributed by atoms with Gasteiger partial charge in [-0.3, -0.25) is 4.79 Å². The first-order valence-corrected chi connectivity index (χ1v) is 6.51. The zero-order valence-corrected chi connectivity index (χ0v) is 12.0. The summed E-state index contributed by atoms with van der Waals surface area (Å²) in [5.41, 5.74) is 4.87. The standard InChI is InChI=1S/C17H20O2/c1-12-5-7-14(8-6-12)16-13(2)15(11-18)9-10-17(16,3)19-4/h5-9,11H,10H2,1-4H3. The van der Waals surface area contributed by atoms with Gasteiger partial charge in [-0.2, -0.15) is 0 Å². The Bertz CT molecular complexity index is 549. The fourth-order valence-electron chi connectivity index (χ4n) is 2.66. The fourth-order valence-corrected chi connectivity index (χ4v) is 2.66. The van der Waals surface area contributed by atoms with Gasteiger partial charge in [-0.25, -0.2) is 0 Å². The number of benzene rings is 1. The van der Waals surface area contributed by atoms with Crippen LogP contribution in [-0.4, -0.2) is 19.0 Å². The van der Waals surface area contributed by atoms with Crippen molar-refractivity contribution in [2.45, 2.75) is 32.8 Å². The summed E-state index contributed by atoms with van der Waals surface area (Å²) in [4.78, 5) is 11.2. The van der Waals surface area contributed by atoms with Gasteiger partial charge in [0, 0.05) is 12.7 Å². The van der Waals surface area contributed by atoms with Crippen LogP contribution in [0, 0.1) is 6.92 Å². The third kappa shape index (κ3) is 2.41. The van der Waals surface area contributed by atoms with Gasteiger partial charge in [-0.15, -0.1) is 0 Å². The Morgan fingerprint density at radius 3 is 2.37 bits per heavy atom. The molecule has 0 heterocycles.